The summed E-state index contributed by atoms with van der Waals surface area (Å²) < 4.78 is 26.4. The molecule has 0 aliphatic rings. The van der Waals surface area contributed by atoms with Crippen LogP contribution >= 0.6 is 0 Å². The molecule has 0 heterocycles. The molecule has 116 valence electrons. The maximum absolute atomic E-state index is 11.2. The van der Waals surface area contributed by atoms with Crippen molar-refractivity contribution in [3.63, 3.8) is 0 Å². The third kappa shape index (κ3) is 13.1. The van der Waals surface area contributed by atoms with Crippen molar-refractivity contribution >= 4 is 15.9 Å². The second kappa shape index (κ2) is 9.58. The van der Waals surface area contributed by atoms with E-state index in [4.69, 9.17) is 4.74 Å². The molecule has 0 saturated heterocycles. The number of ether oxygens (including phenoxy) is 1. The van der Waals surface area contributed by atoms with Gasteiger partial charge in [0.05, 0.1) is 5.75 Å². The molecule has 0 atom stereocenters. The van der Waals surface area contributed by atoms with E-state index in [9.17, 15) is 13.2 Å². The third-order valence-corrected chi connectivity index (χ3v) is 3.38. The number of carbonyl (C=O) groups is 1. The Hall–Kier alpha value is -1.30. The van der Waals surface area contributed by atoms with Gasteiger partial charge in [0, 0.05) is 12.8 Å². The molecule has 0 aromatic rings. The Labute approximate surface area is 122 Å². The topological polar surface area (TPSA) is 72.5 Å². The zero-order valence-electron chi connectivity index (χ0n) is 12.7. The summed E-state index contributed by atoms with van der Waals surface area (Å²) in [4.78, 5) is 11.2. The lowest BCUT2D eigenvalue weighted by atomic mass is 10.1. The van der Waals surface area contributed by atoms with Gasteiger partial charge in [0.25, 0.3) is 0 Å². The highest BCUT2D eigenvalue weighted by Crippen LogP contribution is 2.05. The van der Waals surface area contributed by atoms with Crippen molar-refractivity contribution < 1.29 is 17.9 Å². The van der Waals surface area contributed by atoms with Gasteiger partial charge >= 0.3 is 6.09 Å². The summed E-state index contributed by atoms with van der Waals surface area (Å²) in [7, 11) is -3.09. The molecule has 5 nitrogen and oxygen atoms in total. The summed E-state index contributed by atoms with van der Waals surface area (Å²) in [6.07, 6.45) is 6.55. The van der Waals surface area contributed by atoms with Gasteiger partial charge in [0.15, 0.2) is 9.84 Å². The van der Waals surface area contributed by atoms with Gasteiger partial charge < -0.3 is 10.1 Å². The zero-order chi connectivity index (χ0) is 15.6. The highest BCUT2D eigenvalue weighted by atomic mass is 32.2. The second-order valence-electron chi connectivity index (χ2n) is 5.02. The molecular formula is C14H25NO4S. The molecule has 0 saturated carbocycles. The van der Waals surface area contributed by atoms with E-state index in [1.54, 1.807) is 0 Å². The van der Waals surface area contributed by atoms with E-state index in [1.165, 1.54) is 11.1 Å². The van der Waals surface area contributed by atoms with Gasteiger partial charge in [-0.3, -0.25) is 0 Å². The van der Waals surface area contributed by atoms with E-state index < -0.39 is 15.9 Å². The van der Waals surface area contributed by atoms with Crippen molar-refractivity contribution in [3.05, 3.63) is 23.3 Å². The Morgan fingerprint density at radius 3 is 2.40 bits per heavy atom. The Balaban J connectivity index is 3.81. The zero-order valence-corrected chi connectivity index (χ0v) is 13.5. The molecule has 6 heteroatoms. The third-order valence-electron chi connectivity index (χ3n) is 2.48. The van der Waals surface area contributed by atoms with Crippen LogP contribution in [0.4, 0.5) is 4.79 Å². The summed E-state index contributed by atoms with van der Waals surface area (Å²) >= 11 is 0. The number of amides is 1. The van der Waals surface area contributed by atoms with E-state index in [-0.39, 0.29) is 12.4 Å². The second-order valence-corrected chi connectivity index (χ2v) is 7.28. The largest absolute Gasteiger partial charge is 0.448 e. The van der Waals surface area contributed by atoms with E-state index in [0.29, 0.717) is 6.54 Å². The van der Waals surface area contributed by atoms with Crippen LogP contribution in [0.15, 0.2) is 23.3 Å². The van der Waals surface area contributed by atoms with E-state index in [2.05, 4.69) is 25.2 Å². The number of hydrogen-bond acceptors (Lipinski definition) is 4. The highest BCUT2D eigenvalue weighted by Gasteiger charge is 2.05. The first kappa shape index (κ1) is 18.7. The molecule has 0 aliphatic carbocycles. The molecular weight excluding hydrogens is 278 g/mol. The molecule has 1 N–H and O–H groups in total. The fourth-order valence-corrected chi connectivity index (χ4v) is 1.72. The molecule has 0 radical (unpaired) electrons. The van der Waals surface area contributed by atoms with Gasteiger partial charge in [-0.15, -0.1) is 0 Å². The van der Waals surface area contributed by atoms with Crippen molar-refractivity contribution in [2.75, 3.05) is 25.2 Å². The number of nitrogens with one attached hydrogen (secondary N) is 1. The van der Waals surface area contributed by atoms with E-state index >= 15 is 0 Å². The normalized spacial score (nSPS) is 11.9. The van der Waals surface area contributed by atoms with Gasteiger partial charge in [-0.2, -0.15) is 0 Å². The number of hydrogen-bond donors (Lipinski definition) is 1. The Morgan fingerprint density at radius 2 is 1.85 bits per heavy atom. The van der Waals surface area contributed by atoms with Crippen molar-refractivity contribution in [2.24, 2.45) is 0 Å². The van der Waals surface area contributed by atoms with Crippen LogP contribution in [0.3, 0.4) is 0 Å². The lowest BCUT2D eigenvalue weighted by Gasteiger charge is -2.05. The Morgan fingerprint density at radius 1 is 1.20 bits per heavy atom. The van der Waals surface area contributed by atoms with Crippen LogP contribution < -0.4 is 5.32 Å². The smallest absolute Gasteiger partial charge is 0.407 e. The number of allylic oxidation sites excluding steroid dienone is 3. The minimum absolute atomic E-state index is 0.117. The van der Waals surface area contributed by atoms with Crippen LogP contribution in [-0.4, -0.2) is 39.7 Å². The van der Waals surface area contributed by atoms with Crippen LogP contribution in [0.1, 0.15) is 33.6 Å². The van der Waals surface area contributed by atoms with E-state index in [0.717, 1.165) is 19.1 Å². The van der Waals surface area contributed by atoms with E-state index in [1.807, 2.05) is 13.0 Å². The number of rotatable bonds is 8. The average molecular weight is 303 g/mol. The van der Waals surface area contributed by atoms with Crippen LogP contribution in [0.2, 0.25) is 0 Å². The maximum atomic E-state index is 11.2. The van der Waals surface area contributed by atoms with Gasteiger partial charge in [-0.05, 0) is 33.6 Å². The monoisotopic (exact) mass is 303 g/mol. The summed E-state index contributed by atoms with van der Waals surface area (Å²) in [5.74, 6) is -0.155. The number of carbonyl (C=O) groups excluding carboxylic acids is 1. The summed E-state index contributed by atoms with van der Waals surface area (Å²) in [5.41, 5.74) is 2.49. The quantitative estimate of drug-likeness (QED) is 0.699. The van der Waals surface area contributed by atoms with Gasteiger partial charge in [-0.25, -0.2) is 13.2 Å². The average Bonchev–Trinajstić information content (AvgIpc) is 2.26. The minimum Gasteiger partial charge on any atom is -0.448 e. The molecule has 0 aliphatic heterocycles. The number of sulfone groups is 1. The van der Waals surface area contributed by atoms with Gasteiger partial charge in [0.2, 0.25) is 0 Å². The van der Waals surface area contributed by atoms with Crippen molar-refractivity contribution in [1.82, 2.24) is 5.32 Å². The Kier molecular flexibility index (Phi) is 8.96. The molecule has 0 aromatic carbocycles. The fourth-order valence-electron chi connectivity index (χ4n) is 1.34. The van der Waals surface area contributed by atoms with Crippen molar-refractivity contribution in [1.29, 1.82) is 0 Å². The fraction of sp³-hybridized carbons (Fsp3) is 0.643. The molecule has 0 unspecified atom stereocenters. The minimum atomic E-state index is -3.09. The first-order chi connectivity index (χ1) is 9.20. The predicted molar refractivity (Wildman–Crippen MR) is 81.5 cm³/mol. The first-order valence-corrected chi connectivity index (χ1v) is 8.64. The van der Waals surface area contributed by atoms with Crippen LogP contribution in [0, 0.1) is 0 Å². The van der Waals surface area contributed by atoms with Gasteiger partial charge in [0.1, 0.15) is 6.61 Å². The molecule has 0 aromatic heterocycles. The molecule has 0 rings (SSSR count). The maximum Gasteiger partial charge on any atom is 0.407 e. The summed E-state index contributed by atoms with van der Waals surface area (Å²) in [6, 6.07) is 0. The molecule has 0 fully saturated rings. The molecule has 0 bridgehead atoms. The lowest BCUT2D eigenvalue weighted by Crippen LogP contribution is -2.26. The number of alkyl carbamates (subject to hydrolysis) is 1. The summed E-state index contributed by atoms with van der Waals surface area (Å²) in [6.45, 7) is 6.40. The Bertz CT molecular complexity index is 460. The highest BCUT2D eigenvalue weighted by molar-refractivity contribution is 7.90. The predicted octanol–water partition coefficient (Wildman–Crippen LogP) is 2.45. The standard InChI is InChI=1S/C14H25NO4S/c1-12(2)6-5-7-13(3)8-9-15-14(16)19-10-11-20(4,17)18/h6,8H,5,7,9-11H2,1-4H3,(H,15,16). The van der Waals surface area contributed by atoms with Crippen molar-refractivity contribution in [2.45, 2.75) is 33.6 Å². The molecule has 0 spiro atoms. The summed E-state index contributed by atoms with van der Waals surface area (Å²) in [5, 5.41) is 2.55. The molecule has 20 heavy (non-hydrogen) atoms. The van der Waals surface area contributed by atoms with Crippen LogP contribution in [0.25, 0.3) is 0 Å². The van der Waals surface area contributed by atoms with Gasteiger partial charge in [-0.1, -0.05) is 23.3 Å². The van der Waals surface area contributed by atoms with Crippen molar-refractivity contribution in [3.8, 4) is 0 Å². The van der Waals surface area contributed by atoms with Crippen LogP contribution in [0.5, 0.6) is 0 Å². The first-order valence-electron chi connectivity index (χ1n) is 6.58. The SMILES string of the molecule is CC(C)=CCCC(C)=CCNC(=O)OCCS(C)(=O)=O. The van der Waals surface area contributed by atoms with Crippen LogP contribution in [-0.2, 0) is 14.6 Å². The molecule has 1 amide bonds. The lowest BCUT2D eigenvalue weighted by molar-refractivity contribution is 0.154.